The summed E-state index contributed by atoms with van der Waals surface area (Å²) in [7, 11) is 3.18. The molecule has 0 amide bonds. The van der Waals surface area contributed by atoms with Gasteiger partial charge in [-0.25, -0.2) is 4.79 Å². The highest BCUT2D eigenvalue weighted by molar-refractivity contribution is 5.39. The third-order valence-electron chi connectivity index (χ3n) is 5.29. The van der Waals surface area contributed by atoms with Crippen molar-refractivity contribution >= 4 is 0 Å². The van der Waals surface area contributed by atoms with Crippen molar-refractivity contribution in [3.8, 4) is 23.3 Å². The molecule has 7 nitrogen and oxygen atoms in total. The molecule has 0 aliphatic carbocycles. The van der Waals surface area contributed by atoms with E-state index >= 15 is 0 Å². The Morgan fingerprint density at radius 2 is 1.26 bits per heavy atom. The summed E-state index contributed by atoms with van der Waals surface area (Å²) in [5.41, 5.74) is 1.93. The molecule has 0 aliphatic heterocycles. The molecule has 2 heterocycles. The van der Waals surface area contributed by atoms with Crippen molar-refractivity contribution in [3.63, 3.8) is 0 Å². The summed E-state index contributed by atoms with van der Waals surface area (Å²) >= 11 is 0. The number of pyridine rings is 1. The molecule has 2 aromatic heterocycles. The van der Waals surface area contributed by atoms with Crippen molar-refractivity contribution in [1.29, 1.82) is 0 Å². The van der Waals surface area contributed by atoms with Crippen molar-refractivity contribution < 1.29 is 9.47 Å². The summed E-state index contributed by atoms with van der Waals surface area (Å²) in [6.45, 7) is 0.397. The first-order valence-corrected chi connectivity index (χ1v) is 10.6. The molecule has 0 saturated carbocycles. The van der Waals surface area contributed by atoms with Gasteiger partial charge in [-0.2, -0.15) is 0 Å². The van der Waals surface area contributed by atoms with E-state index in [-0.39, 0.29) is 13.1 Å². The number of hydrogen-bond acceptors (Lipinski definition) is 5. The molecular weight excluding hydrogens is 430 g/mol. The molecule has 170 valence electrons. The molecule has 0 fully saturated rings. The smallest absolute Gasteiger partial charge is 0.332 e. The van der Waals surface area contributed by atoms with E-state index in [0.29, 0.717) is 11.4 Å². The summed E-state index contributed by atoms with van der Waals surface area (Å²) in [5, 5.41) is 0. The minimum atomic E-state index is -0.432. The van der Waals surface area contributed by atoms with E-state index in [1.807, 2.05) is 36.4 Å². The molecule has 34 heavy (non-hydrogen) atoms. The van der Waals surface area contributed by atoms with Crippen LogP contribution < -0.4 is 20.7 Å². The van der Waals surface area contributed by atoms with Crippen molar-refractivity contribution in [1.82, 2.24) is 14.1 Å². The Labute approximate surface area is 196 Å². The van der Waals surface area contributed by atoms with Crippen LogP contribution in [0.5, 0.6) is 11.5 Å². The maximum absolute atomic E-state index is 13.5. The predicted octanol–water partition coefficient (Wildman–Crippen LogP) is 2.92. The Hall–Kier alpha value is -4.57. The molecule has 0 atom stereocenters. The summed E-state index contributed by atoms with van der Waals surface area (Å²) in [6.07, 6.45) is 3.28. The number of rotatable bonds is 6. The fourth-order valence-corrected chi connectivity index (χ4v) is 3.42. The maximum atomic E-state index is 13.5. The molecule has 0 aliphatic rings. The number of benzene rings is 2. The van der Waals surface area contributed by atoms with Crippen molar-refractivity contribution in [2.75, 3.05) is 14.2 Å². The van der Waals surface area contributed by atoms with Gasteiger partial charge in [-0.15, -0.1) is 0 Å². The Bertz CT molecular complexity index is 1440. The number of aromatic nitrogens is 3. The minimum Gasteiger partial charge on any atom is -0.497 e. The van der Waals surface area contributed by atoms with Crippen LogP contribution in [-0.2, 0) is 13.1 Å². The molecule has 0 unspecified atom stereocenters. The van der Waals surface area contributed by atoms with Gasteiger partial charge in [0.1, 0.15) is 17.2 Å². The van der Waals surface area contributed by atoms with E-state index in [9.17, 15) is 9.59 Å². The first-order valence-electron chi connectivity index (χ1n) is 10.6. The van der Waals surface area contributed by atoms with Crippen LogP contribution in [0.3, 0.4) is 0 Å². The highest BCUT2D eigenvalue weighted by Gasteiger charge is 2.12. The SMILES string of the molecule is COc1ccc(Cn2c(C#Cc3ccncc3)cc(=O)n(Cc3ccc(OC)cc3)c2=O)cc1. The van der Waals surface area contributed by atoms with E-state index in [0.717, 1.165) is 22.4 Å². The monoisotopic (exact) mass is 453 g/mol. The van der Waals surface area contributed by atoms with Crippen LogP contribution in [0.2, 0.25) is 0 Å². The Balaban J connectivity index is 1.77. The van der Waals surface area contributed by atoms with Gasteiger partial charge >= 0.3 is 5.69 Å². The lowest BCUT2D eigenvalue weighted by Crippen LogP contribution is -2.41. The molecular formula is C27H23N3O4. The van der Waals surface area contributed by atoms with Gasteiger partial charge in [-0.3, -0.25) is 18.9 Å². The molecule has 7 heteroatoms. The first-order chi connectivity index (χ1) is 16.6. The molecule has 0 saturated heterocycles. The second-order valence-electron chi connectivity index (χ2n) is 7.50. The second-order valence-corrected chi connectivity index (χ2v) is 7.50. The van der Waals surface area contributed by atoms with E-state index in [1.54, 1.807) is 50.9 Å². The fourth-order valence-electron chi connectivity index (χ4n) is 3.42. The van der Waals surface area contributed by atoms with Crippen LogP contribution in [0.1, 0.15) is 22.4 Å². The zero-order valence-corrected chi connectivity index (χ0v) is 18.9. The maximum Gasteiger partial charge on any atom is 0.332 e. The molecule has 0 radical (unpaired) electrons. The predicted molar refractivity (Wildman–Crippen MR) is 129 cm³/mol. The number of hydrogen-bond donors (Lipinski definition) is 0. The van der Waals surface area contributed by atoms with Crippen molar-refractivity contribution in [2.24, 2.45) is 0 Å². The summed E-state index contributed by atoms with van der Waals surface area (Å²) in [6, 6.07) is 19.6. The molecule has 4 rings (SSSR count). The highest BCUT2D eigenvalue weighted by atomic mass is 16.5. The average molecular weight is 453 g/mol. The highest BCUT2D eigenvalue weighted by Crippen LogP contribution is 2.13. The third-order valence-corrected chi connectivity index (χ3v) is 5.29. The van der Waals surface area contributed by atoms with Crippen LogP contribution >= 0.6 is 0 Å². The van der Waals surface area contributed by atoms with Crippen LogP contribution in [0, 0.1) is 11.8 Å². The summed E-state index contributed by atoms with van der Waals surface area (Å²) in [5.74, 6) is 7.42. The molecule has 0 bridgehead atoms. The fraction of sp³-hybridized carbons (Fsp3) is 0.148. The third kappa shape index (κ3) is 5.25. The zero-order valence-electron chi connectivity index (χ0n) is 18.9. The molecule has 0 spiro atoms. The van der Waals surface area contributed by atoms with Gasteiger partial charge < -0.3 is 9.47 Å². The summed E-state index contributed by atoms with van der Waals surface area (Å²) in [4.78, 5) is 30.4. The van der Waals surface area contributed by atoms with E-state index in [1.165, 1.54) is 15.2 Å². The topological polar surface area (TPSA) is 75.3 Å². The molecule has 0 N–H and O–H groups in total. The van der Waals surface area contributed by atoms with Gasteiger partial charge in [0.05, 0.1) is 27.3 Å². The van der Waals surface area contributed by atoms with Gasteiger partial charge in [-0.1, -0.05) is 30.2 Å². The lowest BCUT2D eigenvalue weighted by Gasteiger charge is -2.13. The van der Waals surface area contributed by atoms with Gasteiger partial charge in [0.15, 0.2) is 0 Å². The minimum absolute atomic E-state index is 0.141. The van der Waals surface area contributed by atoms with E-state index < -0.39 is 11.2 Å². The quantitative estimate of drug-likeness (QED) is 0.420. The largest absolute Gasteiger partial charge is 0.497 e. The Kier molecular flexibility index (Phi) is 6.89. The number of nitrogens with zero attached hydrogens (tertiary/aromatic N) is 3. The lowest BCUT2D eigenvalue weighted by molar-refractivity contribution is 0.414. The number of methoxy groups -OCH3 is 2. The van der Waals surface area contributed by atoms with Crippen LogP contribution in [0.25, 0.3) is 0 Å². The lowest BCUT2D eigenvalue weighted by atomic mass is 10.2. The van der Waals surface area contributed by atoms with Gasteiger partial charge in [0.25, 0.3) is 5.56 Å². The van der Waals surface area contributed by atoms with E-state index in [2.05, 4.69) is 16.8 Å². The second kappa shape index (κ2) is 10.4. The number of ether oxygens (including phenoxy) is 2. The molecule has 4 aromatic rings. The van der Waals surface area contributed by atoms with Gasteiger partial charge in [-0.05, 0) is 53.4 Å². The van der Waals surface area contributed by atoms with E-state index in [4.69, 9.17) is 9.47 Å². The van der Waals surface area contributed by atoms with Crippen LogP contribution in [-0.4, -0.2) is 28.3 Å². The standard InChI is InChI=1S/C27H23N3O4/c1-33-24-9-4-21(5-10-24)18-29-23(8-3-20-13-15-28-16-14-20)17-26(31)30(27(29)32)19-22-6-11-25(34-2)12-7-22/h4-7,9-17H,18-19H2,1-2H3. The zero-order chi connectivity index (χ0) is 23.9. The van der Waals surface area contributed by atoms with Crippen LogP contribution in [0.15, 0.2) is 88.7 Å². The average Bonchev–Trinajstić information content (AvgIpc) is 2.88. The first kappa shape index (κ1) is 22.6. The van der Waals surface area contributed by atoms with Crippen molar-refractivity contribution in [3.05, 3.63) is 122 Å². The Morgan fingerprint density at radius 1 is 0.735 bits per heavy atom. The van der Waals surface area contributed by atoms with Crippen LogP contribution in [0.4, 0.5) is 0 Å². The van der Waals surface area contributed by atoms with Gasteiger partial charge in [0, 0.05) is 24.0 Å². The van der Waals surface area contributed by atoms with Crippen molar-refractivity contribution in [2.45, 2.75) is 13.1 Å². The molecule has 2 aromatic carbocycles. The van der Waals surface area contributed by atoms with Gasteiger partial charge in [0.2, 0.25) is 0 Å². The Morgan fingerprint density at radius 3 is 1.79 bits per heavy atom. The normalized spacial score (nSPS) is 10.3. The summed E-state index contributed by atoms with van der Waals surface area (Å²) < 4.78 is 13.1.